The Kier molecular flexibility index (Phi) is 6.93. The van der Waals surface area contributed by atoms with Crippen molar-refractivity contribution in [3.05, 3.63) is 54.1 Å². The van der Waals surface area contributed by atoms with Crippen molar-refractivity contribution in [2.24, 2.45) is 0 Å². The molecule has 0 unspecified atom stereocenters. The minimum Gasteiger partial charge on any atom is -0.351 e. The third kappa shape index (κ3) is 4.99. The van der Waals surface area contributed by atoms with E-state index in [-0.39, 0.29) is 36.1 Å². The van der Waals surface area contributed by atoms with Crippen LogP contribution in [0.5, 0.6) is 0 Å². The van der Waals surface area contributed by atoms with Gasteiger partial charge in [0.2, 0.25) is 5.92 Å². The molecule has 2 aliphatic carbocycles. The highest BCUT2D eigenvalue weighted by Gasteiger charge is 2.64. The summed E-state index contributed by atoms with van der Waals surface area (Å²) in [6, 6.07) is 3.72. The molecule has 1 aromatic heterocycles. The van der Waals surface area contributed by atoms with Gasteiger partial charge in [-0.3, -0.25) is 14.5 Å². The molecule has 4 rings (SSSR count). The number of alkyl halides is 7. The summed E-state index contributed by atoms with van der Waals surface area (Å²) in [5.41, 5.74) is -6.90. The van der Waals surface area contributed by atoms with Crippen LogP contribution in [0.4, 0.5) is 32.0 Å². The monoisotopic (exact) mass is 548 g/mol. The molecule has 1 aromatic carbocycles. The predicted molar refractivity (Wildman–Crippen MR) is 122 cm³/mol. The molecule has 0 aliphatic heterocycles. The van der Waals surface area contributed by atoms with Crippen molar-refractivity contribution < 1.29 is 35.9 Å². The number of aromatic nitrogens is 2. The molecule has 0 radical (unpaired) electrons. The number of hydrogen-bond acceptors (Lipinski definition) is 4. The number of carbonyl (C=O) groups is 2. The van der Waals surface area contributed by atoms with Gasteiger partial charge in [-0.15, -0.1) is 0 Å². The van der Waals surface area contributed by atoms with Gasteiger partial charge in [-0.1, -0.05) is 23.7 Å². The number of hydrogen-bond donors (Lipinski definition) is 1. The Bertz CT molecular complexity index is 1160. The van der Waals surface area contributed by atoms with Crippen LogP contribution in [-0.4, -0.2) is 45.6 Å². The highest BCUT2D eigenvalue weighted by molar-refractivity contribution is 6.32. The average molecular weight is 549 g/mol. The summed E-state index contributed by atoms with van der Waals surface area (Å²) in [5.74, 6) is -5.30. The first-order valence-electron chi connectivity index (χ1n) is 11.4. The molecule has 13 heteroatoms. The van der Waals surface area contributed by atoms with Crippen molar-refractivity contribution in [2.75, 3.05) is 4.90 Å². The number of benzene rings is 1. The molecule has 2 fully saturated rings. The Morgan fingerprint density at radius 2 is 1.70 bits per heavy atom. The fourth-order valence-corrected chi connectivity index (χ4v) is 4.90. The van der Waals surface area contributed by atoms with Crippen LogP contribution < -0.4 is 10.2 Å². The summed E-state index contributed by atoms with van der Waals surface area (Å²) < 4.78 is 82.5. The maximum Gasteiger partial charge on any atom is 0.398 e. The second-order valence-electron chi connectivity index (χ2n) is 9.57. The molecule has 3 atom stereocenters. The summed E-state index contributed by atoms with van der Waals surface area (Å²) >= 11 is 5.48. The maximum atomic E-state index is 14.2. The summed E-state index contributed by atoms with van der Waals surface area (Å²) in [6.45, 7) is 1.23. The van der Waals surface area contributed by atoms with Gasteiger partial charge in [-0.05, 0) is 43.9 Å². The Morgan fingerprint density at radius 1 is 1.11 bits per heavy atom. The molecule has 200 valence electrons. The SMILES string of the molecule is C[C@@](C(=O)N[C@@H]1CCC(F)(F)C1)(c1cncnc1)N(C(=O)[C@H](F)Cl)c1ccc(C2(C(F)(F)F)CC2)cc1. The van der Waals surface area contributed by atoms with Crippen LogP contribution in [0.25, 0.3) is 0 Å². The Balaban J connectivity index is 1.77. The summed E-state index contributed by atoms with van der Waals surface area (Å²) in [6.07, 6.45) is -2.24. The number of carbonyl (C=O) groups excluding carboxylic acids is 2. The molecule has 0 saturated heterocycles. The van der Waals surface area contributed by atoms with Crippen molar-refractivity contribution in [2.45, 2.75) is 73.8 Å². The second kappa shape index (κ2) is 9.45. The van der Waals surface area contributed by atoms with E-state index < -0.39 is 59.4 Å². The van der Waals surface area contributed by atoms with Crippen LogP contribution >= 0.6 is 11.6 Å². The van der Waals surface area contributed by atoms with Crippen molar-refractivity contribution in [1.29, 1.82) is 0 Å². The van der Waals surface area contributed by atoms with Gasteiger partial charge in [-0.2, -0.15) is 13.2 Å². The number of rotatable bonds is 7. The lowest BCUT2D eigenvalue weighted by Gasteiger charge is -2.40. The largest absolute Gasteiger partial charge is 0.398 e. The molecule has 6 nitrogen and oxygen atoms in total. The van der Waals surface area contributed by atoms with Gasteiger partial charge in [0.25, 0.3) is 17.4 Å². The second-order valence-corrected chi connectivity index (χ2v) is 9.95. The molecular formula is C24H23ClF6N4O2. The average Bonchev–Trinajstić information content (AvgIpc) is 3.59. The van der Waals surface area contributed by atoms with E-state index in [0.717, 1.165) is 30.6 Å². The number of nitrogens with zero attached hydrogens (tertiary/aromatic N) is 3. The van der Waals surface area contributed by atoms with E-state index in [4.69, 9.17) is 11.6 Å². The standard InChI is InChI=1S/C24H23ClF6N4O2/c1-21(15-11-32-13-33-12-15,20(37)34-16-6-7-23(27,28)10-16)35(19(36)18(25)26)17-4-2-14(3-5-17)22(8-9-22)24(29,30)31/h2-5,11-13,16,18H,6-10H2,1H3,(H,34,37)/t16-,18+,21+/m1/s1. The van der Waals surface area contributed by atoms with Gasteiger partial charge in [0.05, 0.1) is 5.41 Å². The van der Waals surface area contributed by atoms with Crippen LogP contribution in [0.3, 0.4) is 0 Å². The summed E-state index contributed by atoms with van der Waals surface area (Å²) in [7, 11) is 0. The normalized spacial score (nSPS) is 22.5. The first kappa shape index (κ1) is 27.2. The molecule has 0 spiro atoms. The van der Waals surface area contributed by atoms with Crippen LogP contribution in [0.1, 0.15) is 50.2 Å². The minimum atomic E-state index is -4.48. The highest BCUT2D eigenvalue weighted by Crippen LogP contribution is 2.59. The Labute approximate surface area is 213 Å². The molecule has 0 bridgehead atoms. The van der Waals surface area contributed by atoms with E-state index >= 15 is 0 Å². The minimum absolute atomic E-state index is 0.000884. The van der Waals surface area contributed by atoms with E-state index in [1.807, 2.05) is 0 Å². The summed E-state index contributed by atoms with van der Waals surface area (Å²) in [4.78, 5) is 35.1. The van der Waals surface area contributed by atoms with Gasteiger partial charge in [0.15, 0.2) is 5.54 Å². The highest BCUT2D eigenvalue weighted by atomic mass is 35.5. The lowest BCUT2D eigenvalue weighted by Crippen LogP contribution is -2.59. The van der Waals surface area contributed by atoms with Gasteiger partial charge in [0, 0.05) is 42.5 Å². The summed E-state index contributed by atoms with van der Waals surface area (Å²) in [5, 5.41) is 2.50. The van der Waals surface area contributed by atoms with Crippen molar-refractivity contribution in [3.8, 4) is 0 Å². The van der Waals surface area contributed by atoms with E-state index in [1.165, 1.54) is 19.3 Å². The van der Waals surface area contributed by atoms with Crippen molar-refractivity contribution in [3.63, 3.8) is 0 Å². The van der Waals surface area contributed by atoms with Gasteiger partial charge in [0.1, 0.15) is 6.33 Å². The first-order chi connectivity index (χ1) is 17.2. The number of amides is 2. The van der Waals surface area contributed by atoms with Gasteiger partial charge in [-0.25, -0.2) is 23.1 Å². The first-order valence-corrected chi connectivity index (χ1v) is 11.9. The molecule has 2 amide bonds. The molecule has 1 N–H and O–H groups in total. The lowest BCUT2D eigenvalue weighted by atomic mass is 9.88. The molecular weight excluding hydrogens is 526 g/mol. The van der Waals surface area contributed by atoms with Crippen LogP contribution in [-0.2, 0) is 20.5 Å². The van der Waals surface area contributed by atoms with Crippen LogP contribution in [0, 0.1) is 0 Å². The van der Waals surface area contributed by atoms with E-state index in [0.29, 0.717) is 4.90 Å². The van der Waals surface area contributed by atoms with Crippen molar-refractivity contribution in [1.82, 2.24) is 15.3 Å². The number of anilines is 1. The number of nitrogens with one attached hydrogen (secondary N) is 1. The zero-order chi connectivity index (χ0) is 27.2. The van der Waals surface area contributed by atoms with E-state index in [1.54, 1.807) is 0 Å². The van der Waals surface area contributed by atoms with Gasteiger partial charge < -0.3 is 5.32 Å². The topological polar surface area (TPSA) is 75.2 Å². The molecule has 37 heavy (non-hydrogen) atoms. The quantitative estimate of drug-likeness (QED) is 0.383. The smallest absolute Gasteiger partial charge is 0.351 e. The molecule has 2 aromatic rings. The van der Waals surface area contributed by atoms with Crippen LogP contribution in [0.2, 0.25) is 0 Å². The molecule has 2 saturated carbocycles. The molecule has 2 aliphatic rings. The predicted octanol–water partition coefficient (Wildman–Crippen LogP) is 5.16. The van der Waals surface area contributed by atoms with Gasteiger partial charge >= 0.3 is 6.18 Å². The maximum absolute atomic E-state index is 14.2. The Morgan fingerprint density at radius 3 is 2.16 bits per heavy atom. The Hall–Kier alpha value is -2.89. The zero-order valence-electron chi connectivity index (χ0n) is 19.5. The van der Waals surface area contributed by atoms with Crippen LogP contribution in [0.15, 0.2) is 43.0 Å². The van der Waals surface area contributed by atoms with E-state index in [2.05, 4.69) is 15.3 Å². The van der Waals surface area contributed by atoms with E-state index in [9.17, 15) is 35.9 Å². The third-order valence-corrected chi connectivity index (χ3v) is 7.32. The molecule has 1 heterocycles. The lowest BCUT2D eigenvalue weighted by molar-refractivity contribution is -0.160. The zero-order valence-corrected chi connectivity index (χ0v) is 20.3. The fourth-order valence-electron chi connectivity index (χ4n) is 4.81. The third-order valence-electron chi connectivity index (χ3n) is 7.13. The van der Waals surface area contributed by atoms with Crippen molar-refractivity contribution >= 4 is 29.1 Å². The fraction of sp³-hybridized carbons (Fsp3) is 0.500. The number of halogens is 7.